The molecule has 0 aliphatic heterocycles. The van der Waals surface area contributed by atoms with Gasteiger partial charge in [-0.25, -0.2) is 8.42 Å². The minimum absolute atomic E-state index is 0.0121. The fourth-order valence-electron chi connectivity index (χ4n) is 1.19. The molecule has 0 unspecified atom stereocenters. The van der Waals surface area contributed by atoms with Gasteiger partial charge in [-0.2, -0.15) is 0 Å². The highest BCUT2D eigenvalue weighted by Gasteiger charge is 2.10. The van der Waals surface area contributed by atoms with Gasteiger partial charge in [-0.05, 0) is 31.0 Å². The van der Waals surface area contributed by atoms with Crippen LogP contribution in [0.5, 0.6) is 5.75 Å². The fourth-order valence-corrected chi connectivity index (χ4v) is 2.73. The molecular formula is C10H13Cl2NO3S. The summed E-state index contributed by atoms with van der Waals surface area (Å²) in [6.07, 6.45) is 1.16. The van der Waals surface area contributed by atoms with Gasteiger partial charge in [0.2, 0.25) is 10.0 Å². The molecule has 0 radical (unpaired) electrons. The van der Waals surface area contributed by atoms with Crippen molar-refractivity contribution in [3.63, 3.8) is 0 Å². The zero-order valence-electron chi connectivity index (χ0n) is 8.99. The molecular weight excluding hydrogens is 285 g/mol. The van der Waals surface area contributed by atoms with Gasteiger partial charge in [0, 0.05) is 5.88 Å². The van der Waals surface area contributed by atoms with Crippen LogP contribution in [0.15, 0.2) is 18.2 Å². The highest BCUT2D eigenvalue weighted by Crippen LogP contribution is 2.26. The van der Waals surface area contributed by atoms with Crippen LogP contribution >= 0.6 is 23.2 Å². The number of benzene rings is 1. The number of aromatic hydroxyl groups is 1. The van der Waals surface area contributed by atoms with Crippen LogP contribution in [0, 0.1) is 0 Å². The number of rotatable bonds is 6. The minimum Gasteiger partial charge on any atom is -0.506 e. The number of alkyl halides is 1. The molecule has 0 bridgehead atoms. The van der Waals surface area contributed by atoms with Gasteiger partial charge in [-0.1, -0.05) is 11.6 Å². The largest absolute Gasteiger partial charge is 0.506 e. The molecule has 0 aromatic heterocycles. The van der Waals surface area contributed by atoms with Gasteiger partial charge >= 0.3 is 0 Å². The number of nitrogens with one attached hydrogen (secondary N) is 1. The average molecular weight is 298 g/mol. The summed E-state index contributed by atoms with van der Waals surface area (Å²) in [5, 5.41) is 9.29. The predicted molar refractivity (Wildman–Crippen MR) is 70.5 cm³/mol. The van der Waals surface area contributed by atoms with Crippen molar-refractivity contribution in [3.8, 4) is 5.75 Å². The van der Waals surface area contributed by atoms with Crippen molar-refractivity contribution >= 4 is 38.9 Å². The third kappa shape index (κ3) is 5.02. The number of hydrogen-bond donors (Lipinski definition) is 2. The molecule has 0 spiro atoms. The predicted octanol–water partition coefficient (Wildman–Crippen LogP) is 2.81. The van der Waals surface area contributed by atoms with Crippen LogP contribution in [0.4, 0.5) is 5.69 Å². The third-order valence-electron chi connectivity index (χ3n) is 2.02. The summed E-state index contributed by atoms with van der Waals surface area (Å²) >= 11 is 11.1. The summed E-state index contributed by atoms with van der Waals surface area (Å²) in [6, 6.07) is 4.13. The molecule has 0 aliphatic rings. The molecule has 0 heterocycles. The van der Waals surface area contributed by atoms with Crippen molar-refractivity contribution in [1.29, 1.82) is 0 Å². The Hall–Kier alpha value is -0.650. The van der Waals surface area contributed by atoms with E-state index in [0.29, 0.717) is 24.4 Å². The molecule has 0 amide bonds. The Bertz CT molecular complexity index is 476. The Balaban J connectivity index is 2.66. The molecule has 1 rings (SSSR count). The lowest BCUT2D eigenvalue weighted by molar-refractivity contribution is 0.475. The van der Waals surface area contributed by atoms with Gasteiger partial charge in [-0.3, -0.25) is 4.72 Å². The smallest absolute Gasteiger partial charge is 0.232 e. The normalized spacial score (nSPS) is 11.4. The highest BCUT2D eigenvalue weighted by molar-refractivity contribution is 7.92. The van der Waals surface area contributed by atoms with E-state index in [1.165, 1.54) is 18.2 Å². The molecule has 0 saturated heterocycles. The Morgan fingerprint density at radius 1 is 1.29 bits per heavy atom. The molecule has 0 aliphatic carbocycles. The number of phenolic OH excluding ortho intramolecular Hbond substituents is 1. The van der Waals surface area contributed by atoms with Crippen molar-refractivity contribution in [3.05, 3.63) is 23.2 Å². The van der Waals surface area contributed by atoms with Gasteiger partial charge in [0.1, 0.15) is 5.75 Å². The molecule has 96 valence electrons. The Morgan fingerprint density at radius 3 is 2.59 bits per heavy atom. The number of phenols is 1. The monoisotopic (exact) mass is 297 g/mol. The van der Waals surface area contributed by atoms with Crippen molar-refractivity contribution in [1.82, 2.24) is 0 Å². The van der Waals surface area contributed by atoms with E-state index in [1.54, 1.807) is 0 Å². The zero-order valence-corrected chi connectivity index (χ0v) is 11.3. The second-order valence-electron chi connectivity index (χ2n) is 3.48. The number of anilines is 1. The van der Waals surface area contributed by atoms with Crippen LogP contribution in [-0.2, 0) is 10.0 Å². The first-order chi connectivity index (χ1) is 7.94. The average Bonchev–Trinajstić information content (AvgIpc) is 2.23. The van der Waals surface area contributed by atoms with Crippen LogP contribution < -0.4 is 4.72 Å². The topological polar surface area (TPSA) is 66.4 Å². The van der Waals surface area contributed by atoms with Crippen molar-refractivity contribution in [2.75, 3.05) is 16.4 Å². The standard InChI is InChI=1S/C10H13Cl2NO3S/c11-5-1-2-6-17(15,16)13-8-3-4-10(14)9(12)7-8/h3-4,7,13-14H,1-2,5-6H2. The maximum Gasteiger partial charge on any atom is 0.232 e. The molecule has 17 heavy (non-hydrogen) atoms. The van der Waals surface area contributed by atoms with E-state index in [-0.39, 0.29) is 16.5 Å². The molecule has 2 N–H and O–H groups in total. The Morgan fingerprint density at radius 2 is 2.00 bits per heavy atom. The molecule has 4 nitrogen and oxygen atoms in total. The highest BCUT2D eigenvalue weighted by atomic mass is 35.5. The number of hydrogen-bond acceptors (Lipinski definition) is 3. The van der Waals surface area contributed by atoms with E-state index in [4.69, 9.17) is 23.2 Å². The summed E-state index contributed by atoms with van der Waals surface area (Å²) in [5.41, 5.74) is 0.332. The van der Waals surface area contributed by atoms with Crippen LogP contribution in [0.3, 0.4) is 0 Å². The Kier molecular flexibility index (Phi) is 5.36. The molecule has 1 aromatic carbocycles. The molecule has 7 heteroatoms. The van der Waals surface area contributed by atoms with E-state index in [9.17, 15) is 13.5 Å². The summed E-state index contributed by atoms with van der Waals surface area (Å²) in [5.74, 6) is 0.371. The van der Waals surface area contributed by atoms with E-state index in [0.717, 1.165) is 0 Å². The van der Waals surface area contributed by atoms with Gasteiger partial charge in [0.15, 0.2) is 0 Å². The SMILES string of the molecule is O=S(=O)(CCCCCl)Nc1ccc(O)c(Cl)c1. The van der Waals surface area contributed by atoms with E-state index < -0.39 is 10.0 Å². The van der Waals surface area contributed by atoms with Crippen LogP contribution in [-0.4, -0.2) is 25.2 Å². The first-order valence-corrected chi connectivity index (χ1v) is 7.56. The number of sulfonamides is 1. The van der Waals surface area contributed by atoms with E-state index in [1.807, 2.05) is 0 Å². The minimum atomic E-state index is -3.39. The fraction of sp³-hybridized carbons (Fsp3) is 0.400. The third-order valence-corrected chi connectivity index (χ3v) is 3.96. The molecule has 0 saturated carbocycles. The zero-order chi connectivity index (χ0) is 12.9. The summed E-state index contributed by atoms with van der Waals surface area (Å²) < 4.78 is 25.6. The lowest BCUT2D eigenvalue weighted by Crippen LogP contribution is -2.16. The first kappa shape index (κ1) is 14.4. The maximum atomic E-state index is 11.6. The first-order valence-electron chi connectivity index (χ1n) is 4.99. The molecule has 0 fully saturated rings. The van der Waals surface area contributed by atoms with Gasteiger partial charge in [-0.15, -0.1) is 11.6 Å². The number of halogens is 2. The maximum absolute atomic E-state index is 11.6. The Labute approximate surface area is 111 Å². The second-order valence-corrected chi connectivity index (χ2v) is 6.11. The second kappa shape index (κ2) is 6.33. The van der Waals surface area contributed by atoms with Crippen LogP contribution in [0.25, 0.3) is 0 Å². The molecule has 0 atom stereocenters. The lowest BCUT2D eigenvalue weighted by atomic mass is 10.3. The summed E-state index contributed by atoms with van der Waals surface area (Å²) in [7, 11) is -3.39. The summed E-state index contributed by atoms with van der Waals surface area (Å²) in [4.78, 5) is 0. The van der Waals surface area contributed by atoms with Gasteiger partial charge in [0.25, 0.3) is 0 Å². The number of unbranched alkanes of at least 4 members (excludes halogenated alkanes) is 1. The lowest BCUT2D eigenvalue weighted by Gasteiger charge is -2.08. The van der Waals surface area contributed by atoms with Crippen LogP contribution in [0.1, 0.15) is 12.8 Å². The van der Waals surface area contributed by atoms with Crippen molar-refractivity contribution < 1.29 is 13.5 Å². The van der Waals surface area contributed by atoms with Crippen LogP contribution in [0.2, 0.25) is 5.02 Å². The summed E-state index contributed by atoms with van der Waals surface area (Å²) in [6.45, 7) is 0. The molecule has 1 aromatic rings. The van der Waals surface area contributed by atoms with Crippen molar-refractivity contribution in [2.45, 2.75) is 12.8 Å². The van der Waals surface area contributed by atoms with E-state index in [2.05, 4.69) is 4.72 Å². The van der Waals surface area contributed by atoms with Gasteiger partial charge < -0.3 is 5.11 Å². The quantitative estimate of drug-likeness (QED) is 0.482. The van der Waals surface area contributed by atoms with E-state index >= 15 is 0 Å². The van der Waals surface area contributed by atoms with Crippen molar-refractivity contribution in [2.24, 2.45) is 0 Å². The van der Waals surface area contributed by atoms with Gasteiger partial charge in [0.05, 0.1) is 16.5 Å².